The van der Waals surface area contributed by atoms with E-state index in [9.17, 15) is 14.7 Å². The lowest BCUT2D eigenvalue weighted by atomic mass is 9.95. The zero-order valence-corrected chi connectivity index (χ0v) is 17.8. The molecule has 1 saturated heterocycles. The summed E-state index contributed by atoms with van der Waals surface area (Å²) in [4.78, 5) is 32.1. The molecule has 2 aliphatic rings. The topological polar surface area (TPSA) is 79.7 Å². The van der Waals surface area contributed by atoms with E-state index in [-0.39, 0.29) is 11.3 Å². The molecule has 2 aliphatic heterocycles. The Balaban J connectivity index is 1.70. The number of anilines is 1. The molecule has 1 aromatic heterocycles. The van der Waals surface area contributed by atoms with Crippen LogP contribution in [0.1, 0.15) is 33.9 Å². The Morgan fingerprint density at radius 3 is 2.69 bits per heavy atom. The number of ketones is 1. The van der Waals surface area contributed by atoms with Crippen molar-refractivity contribution in [3.05, 3.63) is 94.3 Å². The second-order valence-electron chi connectivity index (χ2n) is 8.14. The fourth-order valence-corrected chi connectivity index (χ4v) is 4.32. The predicted octanol–water partition coefficient (Wildman–Crippen LogP) is 4.26. The molecule has 1 atom stereocenters. The molecular weight excluding hydrogens is 404 g/mol. The van der Waals surface area contributed by atoms with Gasteiger partial charge in [-0.1, -0.05) is 12.1 Å². The fraction of sp³-hybridized carbons (Fsp3) is 0.192. The molecule has 3 aromatic rings. The largest absolute Gasteiger partial charge is 0.507 e. The highest BCUT2D eigenvalue weighted by Gasteiger charge is 2.47. The highest BCUT2D eigenvalue weighted by molar-refractivity contribution is 6.51. The first kappa shape index (κ1) is 20.0. The maximum atomic E-state index is 13.2. The summed E-state index contributed by atoms with van der Waals surface area (Å²) in [6.45, 7) is 4.54. The van der Waals surface area contributed by atoms with Gasteiger partial charge in [-0.05, 0) is 72.5 Å². The van der Waals surface area contributed by atoms with Crippen molar-refractivity contribution in [2.24, 2.45) is 0 Å². The number of benzene rings is 2. The molecule has 0 bridgehead atoms. The molecule has 6 heteroatoms. The van der Waals surface area contributed by atoms with E-state index >= 15 is 0 Å². The molecule has 0 saturated carbocycles. The van der Waals surface area contributed by atoms with Crippen molar-refractivity contribution in [1.29, 1.82) is 0 Å². The molecule has 32 heavy (non-hydrogen) atoms. The number of ether oxygens (including phenoxy) is 1. The summed E-state index contributed by atoms with van der Waals surface area (Å²) in [6.07, 6.45) is 3.99. The third kappa shape index (κ3) is 3.15. The van der Waals surface area contributed by atoms with Crippen LogP contribution in [0.4, 0.5) is 5.69 Å². The number of Topliss-reactive ketones (excluding diaryl/α,β-unsaturated/α-hetero) is 1. The van der Waals surface area contributed by atoms with Crippen LogP contribution in [0.25, 0.3) is 5.76 Å². The van der Waals surface area contributed by atoms with Gasteiger partial charge in [0, 0.05) is 30.1 Å². The number of fused-ring (bicyclic) bond motifs is 1. The molecule has 0 spiro atoms. The van der Waals surface area contributed by atoms with Crippen LogP contribution in [-0.2, 0) is 16.0 Å². The first-order valence-electron chi connectivity index (χ1n) is 10.5. The van der Waals surface area contributed by atoms with Crippen LogP contribution >= 0.6 is 0 Å². The number of nitrogens with zero attached hydrogens (tertiary/aromatic N) is 2. The van der Waals surface area contributed by atoms with E-state index in [1.807, 2.05) is 38.1 Å². The lowest BCUT2D eigenvalue weighted by molar-refractivity contribution is -0.132. The van der Waals surface area contributed by atoms with Crippen molar-refractivity contribution in [2.75, 3.05) is 11.5 Å². The Morgan fingerprint density at radius 2 is 1.94 bits per heavy atom. The van der Waals surface area contributed by atoms with Crippen LogP contribution in [0, 0.1) is 13.8 Å². The van der Waals surface area contributed by atoms with Crippen molar-refractivity contribution in [3.8, 4) is 5.75 Å². The summed E-state index contributed by atoms with van der Waals surface area (Å²) in [5, 5.41) is 11.3. The number of rotatable bonds is 3. The fourth-order valence-electron chi connectivity index (χ4n) is 4.32. The zero-order chi connectivity index (χ0) is 22.4. The lowest BCUT2D eigenvalue weighted by Gasteiger charge is -2.25. The number of pyridine rings is 1. The molecular formula is C26H22N2O4. The molecule has 160 valence electrons. The summed E-state index contributed by atoms with van der Waals surface area (Å²) in [5.74, 6) is -0.807. The van der Waals surface area contributed by atoms with E-state index in [4.69, 9.17) is 4.74 Å². The first-order chi connectivity index (χ1) is 15.5. The van der Waals surface area contributed by atoms with Gasteiger partial charge in [0.2, 0.25) is 0 Å². The molecule has 6 nitrogen and oxygen atoms in total. The highest BCUT2D eigenvalue weighted by atomic mass is 16.5. The van der Waals surface area contributed by atoms with E-state index in [0.717, 1.165) is 28.9 Å². The zero-order valence-electron chi connectivity index (χ0n) is 17.8. The Bertz CT molecular complexity index is 1280. The van der Waals surface area contributed by atoms with E-state index in [0.29, 0.717) is 23.4 Å². The van der Waals surface area contributed by atoms with Gasteiger partial charge in [-0.3, -0.25) is 19.5 Å². The second kappa shape index (κ2) is 7.64. The number of aromatic nitrogens is 1. The molecule has 2 aromatic carbocycles. The van der Waals surface area contributed by atoms with E-state index in [2.05, 4.69) is 4.98 Å². The number of carbonyl (C=O) groups excluding carboxylic acids is 2. The second-order valence-corrected chi connectivity index (χ2v) is 8.14. The van der Waals surface area contributed by atoms with Gasteiger partial charge in [0.25, 0.3) is 11.7 Å². The van der Waals surface area contributed by atoms with Crippen LogP contribution in [0.2, 0.25) is 0 Å². The molecule has 0 aliphatic carbocycles. The quantitative estimate of drug-likeness (QED) is 0.385. The number of carbonyl (C=O) groups is 2. The van der Waals surface area contributed by atoms with Gasteiger partial charge in [-0.25, -0.2) is 0 Å². The lowest BCUT2D eigenvalue weighted by Crippen LogP contribution is -2.29. The van der Waals surface area contributed by atoms with Crippen molar-refractivity contribution < 1.29 is 19.4 Å². The smallest absolute Gasteiger partial charge is 0.300 e. The minimum absolute atomic E-state index is 0.0556. The van der Waals surface area contributed by atoms with Gasteiger partial charge in [0.15, 0.2) is 0 Å². The molecule has 1 N–H and O–H groups in total. The first-order valence-corrected chi connectivity index (χ1v) is 10.5. The Hall–Kier alpha value is -3.93. The standard InChI is InChI=1S/C26H22N2O4/c1-15-5-7-20(12-16(15)2)28-23(19-4-3-10-27-14-19)22(25(30)26(28)31)24(29)18-6-8-21-17(13-18)9-11-32-21/h3-8,10,12-14,23,29H,9,11H2,1-2H3/b24-22-. The van der Waals surface area contributed by atoms with E-state index in [1.54, 1.807) is 36.7 Å². The number of hydrogen-bond acceptors (Lipinski definition) is 5. The number of aryl methyl sites for hydroxylation is 2. The minimum atomic E-state index is -0.782. The van der Waals surface area contributed by atoms with Gasteiger partial charge >= 0.3 is 0 Å². The van der Waals surface area contributed by atoms with E-state index < -0.39 is 17.7 Å². The number of aliphatic hydroxyl groups is 1. The maximum Gasteiger partial charge on any atom is 0.300 e. The number of aliphatic hydroxyl groups excluding tert-OH is 1. The number of hydrogen-bond donors (Lipinski definition) is 1. The third-order valence-corrected chi connectivity index (χ3v) is 6.18. The Morgan fingerprint density at radius 1 is 1.09 bits per heavy atom. The average Bonchev–Trinajstić information content (AvgIpc) is 3.38. The molecule has 5 rings (SSSR count). The SMILES string of the molecule is Cc1ccc(N2C(=O)C(=O)/C(=C(\O)c3ccc4c(c3)CCO4)C2c2cccnc2)cc1C. The van der Waals surface area contributed by atoms with E-state index in [1.165, 1.54) is 4.90 Å². The Labute approximate surface area is 185 Å². The van der Waals surface area contributed by atoms with Gasteiger partial charge in [0.1, 0.15) is 11.5 Å². The Kier molecular flexibility index (Phi) is 4.78. The van der Waals surface area contributed by atoms with Gasteiger partial charge in [-0.2, -0.15) is 0 Å². The molecule has 3 heterocycles. The molecule has 0 radical (unpaired) electrons. The normalized spacial score (nSPS) is 19.2. The summed E-state index contributed by atoms with van der Waals surface area (Å²) in [5.41, 5.74) is 4.86. The maximum absolute atomic E-state index is 13.2. The van der Waals surface area contributed by atoms with Crippen LogP contribution in [0.15, 0.2) is 66.5 Å². The summed E-state index contributed by atoms with van der Waals surface area (Å²) in [7, 11) is 0. The highest BCUT2D eigenvalue weighted by Crippen LogP contribution is 2.42. The predicted molar refractivity (Wildman–Crippen MR) is 121 cm³/mol. The van der Waals surface area contributed by atoms with Gasteiger partial charge in [0.05, 0.1) is 18.2 Å². The number of amides is 1. The molecule has 1 amide bonds. The third-order valence-electron chi connectivity index (χ3n) is 6.18. The van der Waals surface area contributed by atoms with Gasteiger partial charge in [-0.15, -0.1) is 0 Å². The van der Waals surface area contributed by atoms with Gasteiger partial charge < -0.3 is 9.84 Å². The summed E-state index contributed by atoms with van der Waals surface area (Å²) in [6, 6.07) is 13.7. The minimum Gasteiger partial charge on any atom is -0.507 e. The molecule has 1 unspecified atom stereocenters. The van der Waals surface area contributed by atoms with Crippen molar-refractivity contribution in [3.63, 3.8) is 0 Å². The average molecular weight is 426 g/mol. The van der Waals surface area contributed by atoms with Crippen LogP contribution < -0.4 is 9.64 Å². The summed E-state index contributed by atoms with van der Waals surface area (Å²) < 4.78 is 5.55. The van der Waals surface area contributed by atoms with Crippen LogP contribution in [0.5, 0.6) is 5.75 Å². The monoisotopic (exact) mass is 426 g/mol. The van der Waals surface area contributed by atoms with Crippen molar-refractivity contribution >= 4 is 23.1 Å². The van der Waals surface area contributed by atoms with Crippen LogP contribution in [-0.4, -0.2) is 28.4 Å². The summed E-state index contributed by atoms with van der Waals surface area (Å²) >= 11 is 0. The van der Waals surface area contributed by atoms with Crippen LogP contribution in [0.3, 0.4) is 0 Å². The van der Waals surface area contributed by atoms with Crippen molar-refractivity contribution in [2.45, 2.75) is 26.3 Å². The molecule has 1 fully saturated rings. The van der Waals surface area contributed by atoms with Crippen molar-refractivity contribution in [1.82, 2.24) is 4.98 Å².